The van der Waals surface area contributed by atoms with E-state index in [0.717, 1.165) is 38.5 Å². The highest BCUT2D eigenvalue weighted by atomic mass is 32.1. The van der Waals surface area contributed by atoms with E-state index in [9.17, 15) is 4.79 Å². The lowest BCUT2D eigenvalue weighted by Crippen LogP contribution is -2.13. The van der Waals surface area contributed by atoms with Gasteiger partial charge < -0.3 is 4.74 Å². The fourth-order valence-electron chi connectivity index (χ4n) is 3.32. The molecule has 5 rings (SSSR count). The predicted molar refractivity (Wildman–Crippen MR) is 127 cm³/mol. The molecule has 5 nitrogen and oxygen atoms in total. The minimum absolute atomic E-state index is 0.206. The molecule has 1 N–H and O–H groups in total. The van der Waals surface area contributed by atoms with Crippen LogP contribution in [0.5, 0.6) is 5.75 Å². The number of aromatic nitrogens is 2. The number of thiophene rings is 1. The summed E-state index contributed by atoms with van der Waals surface area (Å²) in [5, 5.41) is 8.23. The molecule has 0 aliphatic carbocycles. The van der Waals surface area contributed by atoms with E-state index < -0.39 is 0 Å². The first-order valence-corrected chi connectivity index (χ1v) is 11.3. The SMILES string of the molecule is COc1cccc(-c2csc(NC(=O)c3cc(-c4cccs4)nc4ccccc34)n2)c1. The molecule has 0 fully saturated rings. The number of carbonyl (C=O) groups is 1. The standard InChI is InChI=1S/C24H17N3O2S2/c1-29-16-7-4-6-15(12-16)21-14-31-24(26-21)27-23(28)18-13-20(22-10-5-11-30-22)25-19-9-3-2-8-17(18)19/h2-14H,1H3,(H,26,27,28). The van der Waals surface area contributed by atoms with Gasteiger partial charge in [-0.2, -0.15) is 0 Å². The Bertz CT molecular complexity index is 1380. The number of methoxy groups -OCH3 is 1. The number of para-hydroxylation sites is 1. The number of rotatable bonds is 5. The highest BCUT2D eigenvalue weighted by Crippen LogP contribution is 2.30. The summed E-state index contributed by atoms with van der Waals surface area (Å²) in [4.78, 5) is 23.6. The predicted octanol–water partition coefficient (Wildman–Crippen LogP) is 6.35. The second kappa shape index (κ2) is 8.29. The topological polar surface area (TPSA) is 64.1 Å². The Balaban J connectivity index is 1.48. The van der Waals surface area contributed by atoms with Crippen molar-refractivity contribution in [1.29, 1.82) is 0 Å². The van der Waals surface area contributed by atoms with Gasteiger partial charge in [0.1, 0.15) is 5.75 Å². The van der Waals surface area contributed by atoms with Gasteiger partial charge in [-0.1, -0.05) is 36.4 Å². The number of anilines is 1. The molecule has 7 heteroatoms. The lowest BCUT2D eigenvalue weighted by molar-refractivity contribution is 0.102. The summed E-state index contributed by atoms with van der Waals surface area (Å²) in [5.41, 5.74) is 3.88. The summed E-state index contributed by atoms with van der Waals surface area (Å²) >= 11 is 2.99. The van der Waals surface area contributed by atoms with Crippen LogP contribution in [0.25, 0.3) is 32.7 Å². The van der Waals surface area contributed by atoms with E-state index in [0.29, 0.717) is 10.7 Å². The Morgan fingerprint density at radius 3 is 2.68 bits per heavy atom. The number of thiazole rings is 1. The van der Waals surface area contributed by atoms with Crippen molar-refractivity contribution in [2.45, 2.75) is 0 Å². The van der Waals surface area contributed by atoms with E-state index in [2.05, 4.69) is 10.3 Å². The van der Waals surface area contributed by atoms with Gasteiger partial charge in [-0.25, -0.2) is 9.97 Å². The molecule has 3 heterocycles. The van der Waals surface area contributed by atoms with Crippen molar-refractivity contribution in [3.63, 3.8) is 0 Å². The number of nitrogens with zero attached hydrogens (tertiary/aromatic N) is 2. The maximum absolute atomic E-state index is 13.2. The molecule has 0 aliphatic heterocycles. The van der Waals surface area contributed by atoms with Gasteiger partial charge in [-0.15, -0.1) is 22.7 Å². The zero-order valence-corrected chi connectivity index (χ0v) is 18.2. The molecule has 0 bridgehead atoms. The van der Waals surface area contributed by atoms with Crippen LogP contribution in [0.4, 0.5) is 5.13 Å². The van der Waals surface area contributed by atoms with Crippen LogP contribution in [0.2, 0.25) is 0 Å². The van der Waals surface area contributed by atoms with Crippen LogP contribution in [0.3, 0.4) is 0 Å². The highest BCUT2D eigenvalue weighted by molar-refractivity contribution is 7.14. The van der Waals surface area contributed by atoms with Gasteiger partial charge in [0, 0.05) is 16.3 Å². The Labute approximate surface area is 187 Å². The largest absolute Gasteiger partial charge is 0.497 e. The molecular weight excluding hydrogens is 426 g/mol. The van der Waals surface area contributed by atoms with Crippen LogP contribution in [0, 0.1) is 0 Å². The van der Waals surface area contributed by atoms with Gasteiger partial charge in [-0.05, 0) is 35.7 Å². The van der Waals surface area contributed by atoms with Crippen LogP contribution in [-0.4, -0.2) is 23.0 Å². The van der Waals surface area contributed by atoms with Crippen LogP contribution >= 0.6 is 22.7 Å². The Kier molecular flexibility index (Phi) is 5.19. The van der Waals surface area contributed by atoms with Crippen molar-refractivity contribution in [2.24, 2.45) is 0 Å². The van der Waals surface area contributed by atoms with E-state index in [1.807, 2.05) is 77.5 Å². The molecule has 152 valence electrons. The molecule has 0 unspecified atom stereocenters. The van der Waals surface area contributed by atoms with Crippen molar-refractivity contribution >= 4 is 44.6 Å². The minimum Gasteiger partial charge on any atom is -0.497 e. The van der Waals surface area contributed by atoms with Gasteiger partial charge >= 0.3 is 0 Å². The molecule has 0 saturated carbocycles. The molecular formula is C24H17N3O2S2. The number of fused-ring (bicyclic) bond motifs is 1. The number of carbonyl (C=O) groups excluding carboxylic acids is 1. The maximum Gasteiger partial charge on any atom is 0.258 e. The first-order chi connectivity index (χ1) is 15.2. The third-order valence-corrected chi connectivity index (χ3v) is 6.47. The fourth-order valence-corrected chi connectivity index (χ4v) is 4.73. The van der Waals surface area contributed by atoms with Gasteiger partial charge in [0.2, 0.25) is 0 Å². The Morgan fingerprint density at radius 1 is 0.935 bits per heavy atom. The van der Waals surface area contributed by atoms with Gasteiger partial charge in [-0.3, -0.25) is 10.1 Å². The Hall–Kier alpha value is -3.55. The van der Waals surface area contributed by atoms with Crippen LogP contribution < -0.4 is 10.1 Å². The van der Waals surface area contributed by atoms with E-state index in [1.165, 1.54) is 11.3 Å². The molecule has 1 amide bonds. The molecule has 31 heavy (non-hydrogen) atoms. The number of ether oxygens (including phenoxy) is 1. The van der Waals surface area contributed by atoms with Crippen LogP contribution in [0.15, 0.2) is 77.5 Å². The highest BCUT2D eigenvalue weighted by Gasteiger charge is 2.16. The molecule has 5 aromatic rings. The van der Waals surface area contributed by atoms with Crippen molar-refractivity contribution in [3.8, 4) is 27.6 Å². The number of benzene rings is 2. The summed E-state index contributed by atoms with van der Waals surface area (Å²) in [6, 6.07) is 21.2. The van der Waals surface area contributed by atoms with E-state index in [1.54, 1.807) is 18.4 Å². The van der Waals surface area contributed by atoms with E-state index >= 15 is 0 Å². The minimum atomic E-state index is -0.206. The average Bonchev–Trinajstić information content (AvgIpc) is 3.51. The van der Waals surface area contributed by atoms with Crippen LogP contribution in [0.1, 0.15) is 10.4 Å². The normalized spacial score (nSPS) is 10.9. The first kappa shape index (κ1) is 19.4. The summed E-state index contributed by atoms with van der Waals surface area (Å²) in [5.74, 6) is 0.559. The second-order valence-electron chi connectivity index (χ2n) is 6.77. The fraction of sp³-hybridized carbons (Fsp3) is 0.0417. The van der Waals surface area contributed by atoms with Crippen molar-refractivity contribution in [1.82, 2.24) is 9.97 Å². The molecule has 2 aromatic carbocycles. The molecule has 0 saturated heterocycles. The van der Waals surface area contributed by atoms with Crippen LogP contribution in [-0.2, 0) is 0 Å². The van der Waals surface area contributed by atoms with Gasteiger partial charge in [0.05, 0.1) is 34.5 Å². The lowest BCUT2D eigenvalue weighted by atomic mass is 10.1. The summed E-state index contributed by atoms with van der Waals surface area (Å²) in [7, 11) is 1.63. The van der Waals surface area contributed by atoms with Gasteiger partial charge in [0.25, 0.3) is 5.91 Å². The lowest BCUT2D eigenvalue weighted by Gasteiger charge is -2.08. The monoisotopic (exact) mass is 443 g/mol. The number of amides is 1. The quantitative estimate of drug-likeness (QED) is 0.344. The first-order valence-electron chi connectivity index (χ1n) is 9.56. The molecule has 0 radical (unpaired) electrons. The molecule has 0 spiro atoms. The Morgan fingerprint density at radius 2 is 1.84 bits per heavy atom. The summed E-state index contributed by atoms with van der Waals surface area (Å²) < 4.78 is 5.29. The third-order valence-electron chi connectivity index (χ3n) is 4.82. The van der Waals surface area contributed by atoms with E-state index in [4.69, 9.17) is 9.72 Å². The zero-order valence-electron chi connectivity index (χ0n) is 16.5. The molecule has 3 aromatic heterocycles. The van der Waals surface area contributed by atoms with E-state index in [-0.39, 0.29) is 5.91 Å². The summed E-state index contributed by atoms with van der Waals surface area (Å²) in [6.45, 7) is 0. The molecule has 0 atom stereocenters. The van der Waals surface area contributed by atoms with Crippen molar-refractivity contribution in [2.75, 3.05) is 12.4 Å². The number of hydrogen-bond acceptors (Lipinski definition) is 6. The number of pyridine rings is 1. The summed E-state index contributed by atoms with van der Waals surface area (Å²) in [6.07, 6.45) is 0. The smallest absolute Gasteiger partial charge is 0.258 e. The number of nitrogens with one attached hydrogen (secondary N) is 1. The van der Waals surface area contributed by atoms with Gasteiger partial charge in [0.15, 0.2) is 5.13 Å². The molecule has 0 aliphatic rings. The van der Waals surface area contributed by atoms with Crippen molar-refractivity contribution < 1.29 is 9.53 Å². The second-order valence-corrected chi connectivity index (χ2v) is 8.58. The zero-order chi connectivity index (χ0) is 21.2. The number of hydrogen-bond donors (Lipinski definition) is 1. The third kappa shape index (κ3) is 3.93. The maximum atomic E-state index is 13.2. The average molecular weight is 444 g/mol. The van der Waals surface area contributed by atoms with Crippen molar-refractivity contribution in [3.05, 3.63) is 83.1 Å².